The van der Waals surface area contributed by atoms with Crippen molar-refractivity contribution in [2.24, 2.45) is 5.92 Å². The number of nitrogens with one attached hydrogen (secondary N) is 1. The third-order valence-electron chi connectivity index (χ3n) is 6.55. The Balaban J connectivity index is 0.000000206. The number of anilines is 2. The van der Waals surface area contributed by atoms with Crippen LogP contribution in [-0.4, -0.2) is 46.8 Å². The third kappa shape index (κ3) is 7.86. The van der Waals surface area contributed by atoms with Crippen LogP contribution in [0.15, 0.2) is 66.7 Å². The van der Waals surface area contributed by atoms with Crippen molar-refractivity contribution in [1.82, 2.24) is 4.90 Å². The molecular formula is C29H34Cl2N2O4. The van der Waals surface area contributed by atoms with Gasteiger partial charge in [0.25, 0.3) is 0 Å². The zero-order valence-electron chi connectivity index (χ0n) is 21.1. The molecule has 0 radical (unpaired) electrons. The van der Waals surface area contributed by atoms with Crippen molar-refractivity contribution in [3.05, 3.63) is 87.9 Å². The van der Waals surface area contributed by atoms with Crippen LogP contribution in [0.1, 0.15) is 36.8 Å². The molecule has 1 fully saturated rings. The second-order valence-electron chi connectivity index (χ2n) is 9.63. The van der Waals surface area contributed by atoms with Gasteiger partial charge in [-0.25, -0.2) is 0 Å². The van der Waals surface area contributed by atoms with Crippen LogP contribution in [-0.2, 0) is 16.8 Å². The van der Waals surface area contributed by atoms with E-state index in [9.17, 15) is 15.0 Å². The van der Waals surface area contributed by atoms with Crippen LogP contribution in [0.5, 0.6) is 5.75 Å². The number of para-hydroxylation sites is 2. The molecule has 0 heterocycles. The standard InChI is InChI=1S/C15H23NO2.C14H11Cl2NO2/c1-16(2)11-13-6-3-4-9-15(13,18)12-7-5-8-14(17)10-12;15-10-5-3-6-11(16)14(10)17-12-7-2-1-4-9(12)8-13(18)19/h5,7-8,10,13,17-18H,3-4,6,9,11H2,1-2H3;1-7,17H,8H2,(H,18,19)/t13-,15+;/m1./s1. The Labute approximate surface area is 228 Å². The maximum absolute atomic E-state index is 11.0. The number of hydrogen-bond acceptors (Lipinski definition) is 5. The molecule has 1 aliphatic rings. The van der Waals surface area contributed by atoms with Gasteiger partial charge in [0.15, 0.2) is 0 Å². The smallest absolute Gasteiger partial charge is 0.307 e. The maximum Gasteiger partial charge on any atom is 0.307 e. The molecular weight excluding hydrogens is 511 g/mol. The van der Waals surface area contributed by atoms with E-state index in [4.69, 9.17) is 28.3 Å². The number of halogens is 2. The predicted octanol–water partition coefficient (Wildman–Crippen LogP) is 6.70. The summed E-state index contributed by atoms with van der Waals surface area (Å²) in [4.78, 5) is 13.0. The highest BCUT2D eigenvalue weighted by Gasteiger charge is 2.40. The summed E-state index contributed by atoms with van der Waals surface area (Å²) in [5, 5.41) is 33.6. The van der Waals surface area contributed by atoms with E-state index in [0.717, 1.165) is 31.4 Å². The fourth-order valence-electron chi connectivity index (χ4n) is 4.78. The van der Waals surface area contributed by atoms with Gasteiger partial charge in [-0.1, -0.05) is 72.4 Å². The molecule has 1 aliphatic carbocycles. The quantitative estimate of drug-likeness (QED) is 0.264. The summed E-state index contributed by atoms with van der Waals surface area (Å²) in [7, 11) is 4.08. The van der Waals surface area contributed by atoms with Crippen molar-refractivity contribution in [1.29, 1.82) is 0 Å². The molecule has 198 valence electrons. The first-order valence-corrected chi connectivity index (χ1v) is 13.0. The van der Waals surface area contributed by atoms with E-state index in [0.29, 0.717) is 27.0 Å². The first-order valence-electron chi connectivity index (χ1n) is 12.3. The van der Waals surface area contributed by atoms with Gasteiger partial charge in [0.1, 0.15) is 5.75 Å². The van der Waals surface area contributed by atoms with Crippen molar-refractivity contribution in [2.45, 2.75) is 37.7 Å². The molecule has 6 nitrogen and oxygen atoms in total. The Kier molecular flexibility index (Phi) is 10.2. The van der Waals surface area contributed by atoms with Crippen molar-refractivity contribution in [3.8, 4) is 5.75 Å². The number of carbonyl (C=O) groups is 1. The lowest BCUT2D eigenvalue weighted by atomic mass is 9.71. The molecule has 0 spiro atoms. The van der Waals surface area contributed by atoms with Crippen molar-refractivity contribution in [2.75, 3.05) is 26.0 Å². The van der Waals surface area contributed by atoms with Gasteiger partial charge < -0.3 is 25.5 Å². The summed E-state index contributed by atoms with van der Waals surface area (Å²) >= 11 is 12.1. The first kappa shape index (κ1) is 28.8. The molecule has 4 N–H and O–H groups in total. The van der Waals surface area contributed by atoms with Crippen LogP contribution in [0.4, 0.5) is 11.4 Å². The number of benzene rings is 3. The molecule has 8 heteroatoms. The van der Waals surface area contributed by atoms with E-state index in [1.807, 2.05) is 32.3 Å². The van der Waals surface area contributed by atoms with Gasteiger partial charge in [0.05, 0.1) is 27.8 Å². The van der Waals surface area contributed by atoms with Crippen LogP contribution in [0.25, 0.3) is 0 Å². The van der Waals surface area contributed by atoms with E-state index in [-0.39, 0.29) is 18.1 Å². The Morgan fingerprint density at radius 1 is 1.03 bits per heavy atom. The van der Waals surface area contributed by atoms with E-state index in [2.05, 4.69) is 10.2 Å². The molecule has 0 aromatic heterocycles. The molecule has 0 bridgehead atoms. The van der Waals surface area contributed by atoms with Crippen LogP contribution in [0, 0.1) is 5.92 Å². The summed E-state index contributed by atoms with van der Waals surface area (Å²) in [5.74, 6) is -0.419. The molecule has 4 rings (SSSR count). The number of carboxylic acid groups (broad SMARTS) is 1. The molecule has 37 heavy (non-hydrogen) atoms. The minimum atomic E-state index is -0.889. The Morgan fingerprint density at radius 3 is 2.35 bits per heavy atom. The first-order chi connectivity index (χ1) is 17.6. The molecule has 3 aromatic carbocycles. The maximum atomic E-state index is 11.0. The van der Waals surface area contributed by atoms with Gasteiger partial charge in [-0.3, -0.25) is 4.79 Å². The fourth-order valence-corrected chi connectivity index (χ4v) is 5.27. The van der Waals surface area contributed by atoms with Gasteiger partial charge in [-0.15, -0.1) is 0 Å². The summed E-state index contributed by atoms with van der Waals surface area (Å²) in [6, 6.07) is 19.4. The highest BCUT2D eigenvalue weighted by molar-refractivity contribution is 6.39. The monoisotopic (exact) mass is 544 g/mol. The van der Waals surface area contributed by atoms with E-state index >= 15 is 0 Å². The Bertz CT molecular complexity index is 1180. The number of aromatic hydroxyl groups is 1. The number of rotatable bonds is 7. The minimum absolute atomic E-state index is 0.0642. The lowest BCUT2D eigenvalue weighted by molar-refractivity contribution is -0.136. The van der Waals surface area contributed by atoms with Gasteiger partial charge in [0, 0.05) is 18.2 Å². The molecule has 3 aromatic rings. The third-order valence-corrected chi connectivity index (χ3v) is 7.18. The summed E-state index contributed by atoms with van der Waals surface area (Å²) in [6.07, 6.45) is 4.00. The van der Waals surface area contributed by atoms with E-state index in [1.54, 1.807) is 48.5 Å². The highest BCUT2D eigenvalue weighted by Crippen LogP contribution is 2.42. The summed E-state index contributed by atoms with van der Waals surface area (Å²) < 4.78 is 0. The van der Waals surface area contributed by atoms with Crippen LogP contribution < -0.4 is 5.32 Å². The topological polar surface area (TPSA) is 93.0 Å². The highest BCUT2D eigenvalue weighted by atomic mass is 35.5. The summed E-state index contributed by atoms with van der Waals surface area (Å²) in [5.41, 5.74) is 1.99. The number of phenolic OH excluding ortho intramolecular Hbond substituents is 1. The number of carboxylic acids is 1. The molecule has 0 unspecified atom stereocenters. The van der Waals surface area contributed by atoms with Crippen molar-refractivity contribution >= 4 is 40.5 Å². The van der Waals surface area contributed by atoms with Crippen molar-refractivity contribution < 1.29 is 20.1 Å². The lowest BCUT2D eigenvalue weighted by Gasteiger charge is -2.41. The number of aliphatic hydroxyl groups is 1. The van der Waals surface area contributed by atoms with Crippen molar-refractivity contribution in [3.63, 3.8) is 0 Å². The number of aliphatic carboxylic acids is 1. The van der Waals surface area contributed by atoms with E-state index < -0.39 is 11.6 Å². The van der Waals surface area contributed by atoms with Gasteiger partial charge in [-0.2, -0.15) is 0 Å². The SMILES string of the molecule is CN(C)C[C@H]1CCCC[C@]1(O)c1cccc(O)c1.O=C(O)Cc1ccccc1Nc1c(Cl)cccc1Cl. The van der Waals surface area contributed by atoms with Gasteiger partial charge in [-0.05, 0) is 68.4 Å². The normalized spacial score (nSPS) is 19.1. The van der Waals surface area contributed by atoms with Crippen LogP contribution in [0.2, 0.25) is 10.0 Å². The Hall–Kier alpha value is -2.77. The summed E-state index contributed by atoms with van der Waals surface area (Å²) in [6.45, 7) is 0.881. The largest absolute Gasteiger partial charge is 0.508 e. The molecule has 0 saturated heterocycles. The number of hydrogen-bond donors (Lipinski definition) is 4. The predicted molar refractivity (Wildman–Crippen MR) is 150 cm³/mol. The minimum Gasteiger partial charge on any atom is -0.508 e. The molecule has 0 aliphatic heterocycles. The fraction of sp³-hybridized carbons (Fsp3) is 0.345. The second kappa shape index (κ2) is 13.2. The molecule has 0 amide bonds. The average Bonchev–Trinajstić information content (AvgIpc) is 2.84. The van der Waals surface area contributed by atoms with Gasteiger partial charge >= 0.3 is 5.97 Å². The van der Waals surface area contributed by atoms with E-state index in [1.165, 1.54) is 6.42 Å². The molecule has 1 saturated carbocycles. The zero-order chi connectivity index (χ0) is 27.0. The zero-order valence-corrected chi connectivity index (χ0v) is 22.6. The average molecular weight is 546 g/mol. The molecule has 2 atom stereocenters. The number of phenols is 1. The van der Waals surface area contributed by atoms with Gasteiger partial charge in [0.2, 0.25) is 0 Å². The lowest BCUT2D eigenvalue weighted by Crippen LogP contribution is -2.43. The van der Waals surface area contributed by atoms with Crippen LogP contribution >= 0.6 is 23.2 Å². The Morgan fingerprint density at radius 2 is 1.70 bits per heavy atom. The second-order valence-corrected chi connectivity index (χ2v) is 10.4. The number of nitrogens with zero attached hydrogens (tertiary/aromatic N) is 1. The van der Waals surface area contributed by atoms with Crippen LogP contribution in [0.3, 0.4) is 0 Å².